The molecule has 6 nitrogen and oxygen atoms in total. The van der Waals surface area contributed by atoms with Gasteiger partial charge >= 0.3 is 0 Å². The minimum atomic E-state index is -1.42. The molecule has 0 spiro atoms. The minimum absolute atomic E-state index is 0.0904. The summed E-state index contributed by atoms with van der Waals surface area (Å²) < 4.78 is 12.6. The van der Waals surface area contributed by atoms with Crippen LogP contribution in [0.1, 0.15) is 116 Å². The summed E-state index contributed by atoms with van der Waals surface area (Å²) in [5.74, 6) is -0.868. The molecule has 6 heteroatoms. The number of hydrogen-bond acceptors (Lipinski definition) is 6. The number of ether oxygens (including phenoxy) is 2. The van der Waals surface area contributed by atoms with Crippen molar-refractivity contribution in [3.8, 4) is 11.5 Å². The highest BCUT2D eigenvalue weighted by Gasteiger charge is 2.72. The molecule has 1 saturated carbocycles. The zero-order valence-corrected chi connectivity index (χ0v) is 36.2. The highest BCUT2D eigenvalue weighted by molar-refractivity contribution is 6.29. The van der Waals surface area contributed by atoms with Crippen molar-refractivity contribution in [1.29, 1.82) is 0 Å². The molecule has 1 fully saturated rings. The van der Waals surface area contributed by atoms with Crippen LogP contribution in [0.15, 0.2) is 137 Å². The molecular weight excluding hydrogens is 721 g/mol. The number of benzene rings is 3. The lowest BCUT2D eigenvalue weighted by atomic mass is 9.38. The summed E-state index contributed by atoms with van der Waals surface area (Å²) in [5, 5.41) is 25.8. The van der Waals surface area contributed by atoms with Crippen LogP contribution in [0.4, 0.5) is 0 Å². The summed E-state index contributed by atoms with van der Waals surface area (Å²) in [6.07, 6.45) is 7.38. The zero-order valence-electron chi connectivity index (χ0n) is 36.2. The summed E-state index contributed by atoms with van der Waals surface area (Å²) in [5.41, 5.74) is 2.60. The average Bonchev–Trinajstić information content (AvgIpc) is 3.18. The van der Waals surface area contributed by atoms with E-state index >= 15 is 9.59 Å². The SMILES string of the molecule is C=C(C)C(CC=C(C)C)CC12CC(CC=C(C)C)C(C)(C)C(CC=C(C)C)(C(=O)C(C(=O)c3ccc(OCc4ccccc4)c(OCc4ccccc4)c3)=C1O)C2O. The summed E-state index contributed by atoms with van der Waals surface area (Å²) in [6, 6.07) is 24.5. The van der Waals surface area contributed by atoms with Crippen molar-refractivity contribution in [1.82, 2.24) is 0 Å². The van der Waals surface area contributed by atoms with Gasteiger partial charge in [-0.3, -0.25) is 9.59 Å². The number of carbonyl (C=O) groups excluding carboxylic acids is 2. The fourth-order valence-electron chi connectivity index (χ4n) is 9.08. The lowest BCUT2D eigenvalue weighted by Gasteiger charge is -2.65. The Morgan fingerprint density at radius 3 is 1.90 bits per heavy atom. The predicted octanol–water partition coefficient (Wildman–Crippen LogP) is 12.5. The molecule has 0 saturated heterocycles. The highest BCUT2D eigenvalue weighted by Crippen LogP contribution is 2.69. The number of aliphatic hydroxyl groups excluding tert-OH is 2. The smallest absolute Gasteiger partial charge is 0.200 e. The van der Waals surface area contributed by atoms with Crippen LogP contribution in [0.25, 0.3) is 0 Å². The van der Waals surface area contributed by atoms with Gasteiger partial charge in [-0.1, -0.05) is 122 Å². The maximum atomic E-state index is 15.6. The molecule has 0 amide bonds. The van der Waals surface area contributed by atoms with Gasteiger partial charge in [-0.15, -0.1) is 0 Å². The molecule has 5 unspecified atom stereocenters. The van der Waals surface area contributed by atoms with Gasteiger partial charge in [0.05, 0.1) is 16.9 Å². The van der Waals surface area contributed by atoms with E-state index < -0.39 is 33.9 Å². The van der Waals surface area contributed by atoms with Crippen molar-refractivity contribution < 1.29 is 29.3 Å². The normalized spacial score (nSPS) is 22.7. The molecular formula is C52H64O6. The summed E-state index contributed by atoms with van der Waals surface area (Å²) in [7, 11) is 0. The van der Waals surface area contributed by atoms with Gasteiger partial charge in [-0.2, -0.15) is 0 Å². The van der Waals surface area contributed by atoms with Crippen LogP contribution < -0.4 is 9.47 Å². The Kier molecular flexibility index (Phi) is 14.0. The first-order chi connectivity index (χ1) is 27.4. The van der Waals surface area contributed by atoms with Crippen molar-refractivity contribution in [3.63, 3.8) is 0 Å². The molecule has 0 aromatic heterocycles. The second kappa shape index (κ2) is 18.3. The lowest BCUT2D eigenvalue weighted by Crippen LogP contribution is -2.69. The Balaban J connectivity index is 1.71. The first kappa shape index (κ1) is 44.2. The van der Waals surface area contributed by atoms with Crippen molar-refractivity contribution in [3.05, 3.63) is 154 Å². The van der Waals surface area contributed by atoms with Crippen LogP contribution in [0.3, 0.4) is 0 Å². The van der Waals surface area contributed by atoms with E-state index in [9.17, 15) is 10.2 Å². The Labute approximate surface area is 347 Å². The van der Waals surface area contributed by atoms with E-state index in [2.05, 4.69) is 60.3 Å². The summed E-state index contributed by atoms with van der Waals surface area (Å²) in [6.45, 7) is 23.2. The minimum Gasteiger partial charge on any atom is -0.511 e. The molecule has 308 valence electrons. The molecule has 3 aromatic carbocycles. The van der Waals surface area contributed by atoms with E-state index in [-0.39, 0.29) is 48.4 Å². The maximum Gasteiger partial charge on any atom is 0.200 e. The first-order valence-corrected chi connectivity index (χ1v) is 20.7. The van der Waals surface area contributed by atoms with Gasteiger partial charge in [0, 0.05) is 5.56 Å². The molecule has 0 radical (unpaired) electrons. The molecule has 2 aliphatic carbocycles. The Morgan fingerprint density at radius 1 is 0.810 bits per heavy atom. The molecule has 3 aromatic rings. The number of Topliss-reactive ketones (excluding diaryl/α,β-unsaturated/α-hetero) is 2. The van der Waals surface area contributed by atoms with Gasteiger partial charge in [-0.05, 0) is 127 Å². The predicted molar refractivity (Wildman–Crippen MR) is 235 cm³/mol. The van der Waals surface area contributed by atoms with Crippen LogP contribution >= 0.6 is 0 Å². The van der Waals surface area contributed by atoms with Gasteiger partial charge < -0.3 is 19.7 Å². The van der Waals surface area contributed by atoms with Crippen LogP contribution in [0.5, 0.6) is 11.5 Å². The highest BCUT2D eigenvalue weighted by atomic mass is 16.5. The Morgan fingerprint density at radius 2 is 1.36 bits per heavy atom. The van der Waals surface area contributed by atoms with Crippen LogP contribution in [0.2, 0.25) is 0 Å². The number of aliphatic hydroxyl groups is 2. The fourth-order valence-corrected chi connectivity index (χ4v) is 9.08. The third-order valence-corrected chi connectivity index (χ3v) is 12.8. The van der Waals surface area contributed by atoms with Gasteiger partial charge in [0.2, 0.25) is 0 Å². The summed E-state index contributed by atoms with van der Waals surface area (Å²) in [4.78, 5) is 30.7. The molecule has 58 heavy (non-hydrogen) atoms. The molecule has 2 aliphatic rings. The van der Waals surface area contributed by atoms with Crippen LogP contribution in [0, 0.1) is 28.1 Å². The number of fused-ring (bicyclic) bond motifs is 2. The number of ketones is 2. The molecule has 0 heterocycles. The molecule has 5 rings (SSSR count). The average molecular weight is 785 g/mol. The van der Waals surface area contributed by atoms with Crippen molar-refractivity contribution in [2.75, 3.05) is 0 Å². The van der Waals surface area contributed by atoms with Gasteiger partial charge in [-0.25, -0.2) is 0 Å². The van der Waals surface area contributed by atoms with E-state index in [1.807, 2.05) is 87.5 Å². The second-order valence-corrected chi connectivity index (χ2v) is 18.0. The fraction of sp³-hybridized carbons (Fsp3) is 0.423. The van der Waals surface area contributed by atoms with Gasteiger partial charge in [0.15, 0.2) is 23.1 Å². The molecule has 5 atom stereocenters. The van der Waals surface area contributed by atoms with E-state index in [1.54, 1.807) is 18.2 Å². The monoisotopic (exact) mass is 784 g/mol. The summed E-state index contributed by atoms with van der Waals surface area (Å²) >= 11 is 0. The number of allylic oxidation sites excluding steroid dienone is 8. The first-order valence-electron chi connectivity index (χ1n) is 20.7. The van der Waals surface area contributed by atoms with E-state index in [1.165, 1.54) is 0 Å². The van der Waals surface area contributed by atoms with Crippen molar-refractivity contribution in [2.24, 2.45) is 28.1 Å². The standard InChI is InChI=1S/C52H64O6/c1-34(2)21-23-41(37(7)8)30-51-31-42(25-22-35(3)4)50(9,10)52(49(51)56,28-27-36(5)6)48(55)45(47(51)54)46(53)40-24-26-43(57-32-38-17-13-11-14-18-38)44(29-40)58-33-39-19-15-12-16-20-39/h11-22,24,26-27,29,41-42,49,54,56H,7,23,25,28,30-33H2,1-6,8-10H3. The second-order valence-electron chi connectivity index (χ2n) is 18.0. The van der Waals surface area contributed by atoms with E-state index in [0.29, 0.717) is 37.2 Å². The Hall–Kier alpha value is -4.94. The van der Waals surface area contributed by atoms with Crippen LogP contribution in [-0.4, -0.2) is 27.9 Å². The van der Waals surface area contributed by atoms with Crippen molar-refractivity contribution in [2.45, 2.75) is 114 Å². The van der Waals surface area contributed by atoms with Crippen LogP contribution in [-0.2, 0) is 18.0 Å². The van der Waals surface area contributed by atoms with Gasteiger partial charge in [0.25, 0.3) is 0 Å². The number of rotatable bonds is 17. The molecule has 2 bridgehead atoms. The van der Waals surface area contributed by atoms with Gasteiger partial charge in [0.1, 0.15) is 24.5 Å². The third-order valence-electron chi connectivity index (χ3n) is 12.8. The van der Waals surface area contributed by atoms with E-state index in [0.717, 1.165) is 33.4 Å². The number of carbonyl (C=O) groups is 2. The Bertz CT molecular complexity index is 2090. The largest absolute Gasteiger partial charge is 0.511 e. The maximum absolute atomic E-state index is 15.6. The molecule has 2 N–H and O–H groups in total. The quantitative estimate of drug-likeness (QED) is 0.0804. The number of hydrogen-bond donors (Lipinski definition) is 2. The topological polar surface area (TPSA) is 93.1 Å². The zero-order chi connectivity index (χ0) is 42.4. The molecule has 0 aliphatic heterocycles. The third kappa shape index (κ3) is 9.03. The van der Waals surface area contributed by atoms with Crippen molar-refractivity contribution >= 4 is 11.6 Å². The van der Waals surface area contributed by atoms with E-state index in [4.69, 9.17) is 9.47 Å². The lowest BCUT2D eigenvalue weighted by molar-refractivity contribution is -0.204.